The normalized spacial score (nSPS) is 37.7. The second kappa shape index (κ2) is 6.36. The number of likely N-dealkylation sites (tertiary alicyclic amines) is 1. The lowest BCUT2D eigenvalue weighted by atomic mass is 9.75. The van der Waals surface area contributed by atoms with Crippen LogP contribution in [0.1, 0.15) is 44.9 Å². The molecule has 0 aromatic carbocycles. The van der Waals surface area contributed by atoms with Crippen molar-refractivity contribution in [2.75, 3.05) is 33.0 Å². The summed E-state index contributed by atoms with van der Waals surface area (Å²) in [6.45, 7) is 5.51. The first-order chi connectivity index (χ1) is 8.92. The molecule has 3 fully saturated rings. The number of rotatable bonds is 4. The Morgan fingerprint density at radius 2 is 1.89 bits per heavy atom. The number of piperidine rings is 1. The van der Waals surface area contributed by atoms with Gasteiger partial charge < -0.3 is 10.1 Å². The summed E-state index contributed by atoms with van der Waals surface area (Å²) >= 11 is 0. The Hall–Kier alpha value is -0.120. The van der Waals surface area contributed by atoms with Gasteiger partial charge in [-0.15, -0.1) is 0 Å². The first kappa shape index (κ1) is 12.9. The summed E-state index contributed by atoms with van der Waals surface area (Å²) in [4.78, 5) is 2.54. The van der Waals surface area contributed by atoms with Gasteiger partial charge in [0, 0.05) is 19.1 Å². The van der Waals surface area contributed by atoms with E-state index in [-0.39, 0.29) is 0 Å². The first-order valence-electron chi connectivity index (χ1n) is 7.95. The van der Waals surface area contributed by atoms with E-state index in [1.807, 2.05) is 0 Å². The second-order valence-corrected chi connectivity index (χ2v) is 6.46. The van der Waals surface area contributed by atoms with Gasteiger partial charge in [-0.25, -0.2) is 0 Å². The minimum atomic E-state index is 0.622. The highest BCUT2D eigenvalue weighted by Crippen LogP contribution is 2.35. The lowest BCUT2D eigenvalue weighted by molar-refractivity contribution is -0.0202. The van der Waals surface area contributed by atoms with Crippen LogP contribution in [0.2, 0.25) is 0 Å². The van der Waals surface area contributed by atoms with Crippen molar-refractivity contribution in [2.45, 2.75) is 51.0 Å². The number of nitrogens with zero attached hydrogens (tertiary/aromatic N) is 1. The zero-order valence-corrected chi connectivity index (χ0v) is 11.6. The van der Waals surface area contributed by atoms with Gasteiger partial charge in [-0.1, -0.05) is 19.3 Å². The molecule has 3 nitrogen and oxygen atoms in total. The highest BCUT2D eigenvalue weighted by molar-refractivity contribution is 4.82. The predicted molar refractivity (Wildman–Crippen MR) is 73.5 cm³/mol. The highest BCUT2D eigenvalue weighted by Gasteiger charge is 2.30. The van der Waals surface area contributed by atoms with Crippen molar-refractivity contribution >= 4 is 0 Å². The van der Waals surface area contributed by atoms with Gasteiger partial charge in [0.2, 0.25) is 0 Å². The summed E-state index contributed by atoms with van der Waals surface area (Å²) in [5.74, 6) is 2.01. The van der Waals surface area contributed by atoms with Crippen LogP contribution in [0, 0.1) is 11.8 Å². The van der Waals surface area contributed by atoms with Crippen molar-refractivity contribution in [3.63, 3.8) is 0 Å². The van der Waals surface area contributed by atoms with Gasteiger partial charge in [0.25, 0.3) is 0 Å². The van der Waals surface area contributed by atoms with Gasteiger partial charge in [-0.05, 0) is 44.1 Å². The molecule has 0 radical (unpaired) electrons. The maximum Gasteiger partial charge on any atom is 0.0991 e. The molecule has 1 saturated carbocycles. The van der Waals surface area contributed by atoms with E-state index < -0.39 is 0 Å². The molecule has 2 aliphatic heterocycles. The van der Waals surface area contributed by atoms with E-state index in [1.165, 1.54) is 64.6 Å². The summed E-state index contributed by atoms with van der Waals surface area (Å²) in [5.41, 5.74) is 0. The Bertz CT molecular complexity index is 253. The maximum atomic E-state index is 5.90. The Morgan fingerprint density at radius 3 is 2.72 bits per heavy atom. The monoisotopic (exact) mass is 252 g/mol. The Labute approximate surface area is 111 Å². The summed E-state index contributed by atoms with van der Waals surface area (Å²) in [7, 11) is 0. The third kappa shape index (κ3) is 3.25. The Kier molecular flexibility index (Phi) is 4.55. The van der Waals surface area contributed by atoms with E-state index in [9.17, 15) is 0 Å². The van der Waals surface area contributed by atoms with E-state index in [4.69, 9.17) is 4.74 Å². The van der Waals surface area contributed by atoms with E-state index in [1.54, 1.807) is 0 Å². The lowest BCUT2D eigenvalue weighted by Gasteiger charge is -2.41. The molecular weight excluding hydrogens is 224 g/mol. The molecule has 3 aliphatic rings. The van der Waals surface area contributed by atoms with Gasteiger partial charge in [-0.2, -0.15) is 0 Å². The second-order valence-electron chi connectivity index (χ2n) is 6.46. The standard InChI is InChI=1S/C15H28N2O/c1-2-5-14-10-17(9-7-13(14)4-1)12-18-11-15-6-3-8-16-15/h13-16H,1-12H2. The van der Waals surface area contributed by atoms with Crippen molar-refractivity contribution in [1.82, 2.24) is 10.2 Å². The minimum absolute atomic E-state index is 0.622. The third-order valence-electron chi connectivity index (χ3n) is 5.13. The molecule has 3 unspecified atom stereocenters. The predicted octanol–water partition coefficient (Wildman–Crippen LogP) is 2.22. The van der Waals surface area contributed by atoms with Crippen LogP contribution in [0.4, 0.5) is 0 Å². The summed E-state index contributed by atoms with van der Waals surface area (Å²) in [6.07, 6.45) is 9.92. The fraction of sp³-hybridized carbons (Fsp3) is 1.00. The summed E-state index contributed by atoms with van der Waals surface area (Å²) in [6, 6.07) is 0.622. The van der Waals surface area contributed by atoms with E-state index in [0.29, 0.717) is 6.04 Å². The van der Waals surface area contributed by atoms with E-state index >= 15 is 0 Å². The van der Waals surface area contributed by atoms with Crippen molar-refractivity contribution in [3.05, 3.63) is 0 Å². The zero-order chi connectivity index (χ0) is 12.2. The molecule has 18 heavy (non-hydrogen) atoms. The number of hydrogen-bond donors (Lipinski definition) is 1. The van der Waals surface area contributed by atoms with Gasteiger partial charge >= 0.3 is 0 Å². The molecule has 0 aromatic rings. The Balaban J connectivity index is 1.35. The molecule has 1 aliphatic carbocycles. The van der Waals surface area contributed by atoms with Crippen molar-refractivity contribution in [1.29, 1.82) is 0 Å². The van der Waals surface area contributed by atoms with Crippen LogP contribution in [-0.2, 0) is 4.74 Å². The highest BCUT2D eigenvalue weighted by atomic mass is 16.5. The van der Waals surface area contributed by atoms with Crippen LogP contribution in [-0.4, -0.2) is 43.9 Å². The van der Waals surface area contributed by atoms with Crippen LogP contribution in [0.15, 0.2) is 0 Å². The van der Waals surface area contributed by atoms with Crippen molar-refractivity contribution in [2.24, 2.45) is 11.8 Å². The SMILES string of the molecule is C1CNC(COCN2CCC3CCCCC3C2)C1. The molecule has 2 saturated heterocycles. The maximum absolute atomic E-state index is 5.90. The Morgan fingerprint density at radius 1 is 1.00 bits per heavy atom. The van der Waals surface area contributed by atoms with Gasteiger partial charge in [0.1, 0.15) is 0 Å². The van der Waals surface area contributed by atoms with Crippen LogP contribution in [0.3, 0.4) is 0 Å². The third-order valence-corrected chi connectivity index (χ3v) is 5.13. The molecule has 3 heteroatoms. The molecule has 0 bridgehead atoms. The molecule has 0 aromatic heterocycles. The number of hydrogen-bond acceptors (Lipinski definition) is 3. The van der Waals surface area contributed by atoms with Crippen LogP contribution in [0.5, 0.6) is 0 Å². The molecule has 104 valence electrons. The minimum Gasteiger partial charge on any atom is -0.364 e. The number of nitrogens with one attached hydrogen (secondary N) is 1. The smallest absolute Gasteiger partial charge is 0.0991 e. The lowest BCUT2D eigenvalue weighted by Crippen LogP contribution is -2.43. The average molecular weight is 252 g/mol. The summed E-state index contributed by atoms with van der Waals surface area (Å²) in [5, 5.41) is 3.50. The van der Waals surface area contributed by atoms with Gasteiger partial charge in [0.15, 0.2) is 0 Å². The zero-order valence-electron chi connectivity index (χ0n) is 11.6. The fourth-order valence-electron chi connectivity index (χ4n) is 4.02. The number of ether oxygens (including phenoxy) is 1. The van der Waals surface area contributed by atoms with Crippen molar-refractivity contribution < 1.29 is 4.74 Å². The van der Waals surface area contributed by atoms with Crippen LogP contribution < -0.4 is 5.32 Å². The van der Waals surface area contributed by atoms with Crippen molar-refractivity contribution in [3.8, 4) is 0 Å². The largest absolute Gasteiger partial charge is 0.364 e. The quantitative estimate of drug-likeness (QED) is 0.830. The van der Waals surface area contributed by atoms with Crippen LogP contribution >= 0.6 is 0 Å². The number of fused-ring (bicyclic) bond motifs is 1. The van der Waals surface area contributed by atoms with Gasteiger partial charge in [-0.3, -0.25) is 4.90 Å². The molecular formula is C15H28N2O. The average Bonchev–Trinajstić information content (AvgIpc) is 2.92. The molecule has 3 atom stereocenters. The first-order valence-corrected chi connectivity index (χ1v) is 7.95. The molecule has 3 rings (SSSR count). The molecule has 0 amide bonds. The molecule has 2 heterocycles. The molecule has 0 spiro atoms. The topological polar surface area (TPSA) is 24.5 Å². The molecule has 1 N–H and O–H groups in total. The summed E-state index contributed by atoms with van der Waals surface area (Å²) < 4.78 is 5.90. The fourth-order valence-corrected chi connectivity index (χ4v) is 4.02. The van der Waals surface area contributed by atoms with Crippen LogP contribution in [0.25, 0.3) is 0 Å². The van der Waals surface area contributed by atoms with Gasteiger partial charge in [0.05, 0.1) is 13.3 Å². The van der Waals surface area contributed by atoms with E-state index in [2.05, 4.69) is 10.2 Å². The van der Waals surface area contributed by atoms with E-state index in [0.717, 1.165) is 25.2 Å².